The summed E-state index contributed by atoms with van der Waals surface area (Å²) in [6.45, 7) is 1.05. The molecular weight excluding hydrogens is 240 g/mol. The zero-order valence-electron chi connectivity index (χ0n) is 8.90. The third-order valence-corrected chi connectivity index (χ3v) is 4.04. The molecule has 1 aliphatic rings. The van der Waals surface area contributed by atoms with Gasteiger partial charge in [-0.25, -0.2) is 0 Å². The van der Waals surface area contributed by atoms with Crippen LogP contribution in [0.2, 0.25) is 0 Å². The minimum absolute atomic E-state index is 0.540. The van der Waals surface area contributed by atoms with E-state index in [1.807, 2.05) is 0 Å². The fourth-order valence-corrected chi connectivity index (χ4v) is 2.78. The Morgan fingerprint density at radius 3 is 3.00 bits per heavy atom. The number of hydrogen-bond donors (Lipinski definition) is 0. The second-order valence-electron chi connectivity index (χ2n) is 4.28. The molecule has 4 heteroatoms. The van der Waals surface area contributed by atoms with Gasteiger partial charge in [-0.2, -0.15) is 5.10 Å². The van der Waals surface area contributed by atoms with E-state index < -0.39 is 0 Å². The monoisotopic (exact) mass is 252 g/mol. The third-order valence-electron chi connectivity index (χ3n) is 2.88. The van der Waals surface area contributed by atoms with Gasteiger partial charge in [0, 0.05) is 18.3 Å². The van der Waals surface area contributed by atoms with Crippen LogP contribution in [0, 0.1) is 5.92 Å². The van der Waals surface area contributed by atoms with Crippen molar-refractivity contribution >= 4 is 22.9 Å². The van der Waals surface area contributed by atoms with Gasteiger partial charge in [0.2, 0.25) is 0 Å². The molecule has 1 saturated carbocycles. The average molecular weight is 253 g/mol. The van der Waals surface area contributed by atoms with Crippen molar-refractivity contribution in [2.45, 2.75) is 25.3 Å². The summed E-state index contributed by atoms with van der Waals surface area (Å²) < 4.78 is 2.06. The van der Waals surface area contributed by atoms with Crippen LogP contribution in [0.5, 0.6) is 0 Å². The van der Waals surface area contributed by atoms with Crippen LogP contribution in [0.1, 0.15) is 18.4 Å². The molecule has 0 radical (unpaired) electrons. The highest BCUT2D eigenvalue weighted by Gasteiger charge is 2.23. The second-order valence-corrected chi connectivity index (χ2v) is 5.49. The van der Waals surface area contributed by atoms with Crippen LogP contribution in [-0.2, 0) is 12.4 Å². The lowest BCUT2D eigenvalue weighted by atomic mass is 10.2. The third kappa shape index (κ3) is 2.02. The van der Waals surface area contributed by atoms with Crippen molar-refractivity contribution in [3.05, 3.63) is 29.3 Å². The first-order valence-electron chi connectivity index (χ1n) is 5.53. The first-order chi connectivity index (χ1) is 7.86. The molecule has 2 aromatic heterocycles. The van der Waals surface area contributed by atoms with E-state index in [1.165, 1.54) is 17.7 Å². The molecule has 16 heavy (non-hydrogen) atoms. The van der Waals surface area contributed by atoms with Gasteiger partial charge >= 0.3 is 0 Å². The van der Waals surface area contributed by atoms with Gasteiger partial charge in [0.15, 0.2) is 0 Å². The van der Waals surface area contributed by atoms with Crippen LogP contribution in [0.3, 0.4) is 0 Å². The van der Waals surface area contributed by atoms with Gasteiger partial charge in [0.1, 0.15) is 5.69 Å². The van der Waals surface area contributed by atoms with Gasteiger partial charge in [-0.1, -0.05) is 6.07 Å². The van der Waals surface area contributed by atoms with Crippen LogP contribution in [0.25, 0.3) is 10.6 Å². The molecule has 2 heterocycles. The highest BCUT2D eigenvalue weighted by Crippen LogP contribution is 2.32. The van der Waals surface area contributed by atoms with E-state index >= 15 is 0 Å². The number of aromatic nitrogens is 2. The predicted octanol–water partition coefficient (Wildman–Crippen LogP) is 3.76. The molecule has 0 spiro atoms. The maximum Gasteiger partial charge on any atom is 0.107 e. The largest absolute Gasteiger partial charge is 0.271 e. The van der Waals surface area contributed by atoms with E-state index in [2.05, 4.69) is 33.5 Å². The predicted molar refractivity (Wildman–Crippen MR) is 67.8 cm³/mol. The number of thiophene rings is 1. The zero-order valence-corrected chi connectivity index (χ0v) is 10.5. The van der Waals surface area contributed by atoms with E-state index in [0.717, 1.165) is 23.7 Å². The molecule has 0 aromatic carbocycles. The van der Waals surface area contributed by atoms with Crippen molar-refractivity contribution in [3.8, 4) is 10.6 Å². The summed E-state index contributed by atoms with van der Waals surface area (Å²) in [5.41, 5.74) is 2.20. The Hall–Kier alpha value is -0.800. The van der Waals surface area contributed by atoms with Crippen LogP contribution in [0.4, 0.5) is 0 Å². The van der Waals surface area contributed by atoms with Gasteiger partial charge in [-0.15, -0.1) is 22.9 Å². The molecule has 84 valence electrons. The summed E-state index contributed by atoms with van der Waals surface area (Å²) in [5, 5.41) is 6.72. The van der Waals surface area contributed by atoms with Crippen molar-refractivity contribution in [2.24, 2.45) is 5.92 Å². The lowest BCUT2D eigenvalue weighted by Gasteiger charge is -1.96. The Bertz CT molecular complexity index is 471. The second kappa shape index (κ2) is 4.22. The zero-order chi connectivity index (χ0) is 11.0. The Labute approximate surface area is 104 Å². The summed E-state index contributed by atoms with van der Waals surface area (Å²) in [6, 6.07) is 4.16. The van der Waals surface area contributed by atoms with Crippen molar-refractivity contribution in [2.75, 3.05) is 0 Å². The highest BCUT2D eigenvalue weighted by atomic mass is 35.5. The summed E-state index contributed by atoms with van der Waals surface area (Å²) in [7, 11) is 0. The van der Waals surface area contributed by atoms with E-state index in [9.17, 15) is 0 Å². The van der Waals surface area contributed by atoms with Gasteiger partial charge in [-0.05, 0) is 30.2 Å². The average Bonchev–Trinajstić information content (AvgIpc) is 2.83. The first kappa shape index (κ1) is 10.4. The Morgan fingerprint density at radius 1 is 1.50 bits per heavy atom. The summed E-state index contributed by atoms with van der Waals surface area (Å²) >= 11 is 7.68. The molecule has 3 rings (SSSR count). The molecule has 0 bridgehead atoms. The maximum absolute atomic E-state index is 5.97. The van der Waals surface area contributed by atoms with Crippen LogP contribution >= 0.6 is 22.9 Å². The van der Waals surface area contributed by atoms with Gasteiger partial charge in [0.05, 0.1) is 10.8 Å². The molecule has 0 unspecified atom stereocenters. The molecule has 1 fully saturated rings. The Balaban J connectivity index is 1.92. The summed E-state index contributed by atoms with van der Waals surface area (Å²) in [5.74, 6) is 1.39. The fraction of sp³-hybridized carbons (Fsp3) is 0.417. The van der Waals surface area contributed by atoms with Crippen molar-refractivity contribution in [1.82, 2.24) is 9.78 Å². The molecule has 0 aliphatic heterocycles. The number of rotatable bonds is 4. The number of nitrogens with zero attached hydrogens (tertiary/aromatic N) is 2. The van der Waals surface area contributed by atoms with Gasteiger partial charge in [-0.3, -0.25) is 4.68 Å². The van der Waals surface area contributed by atoms with Crippen molar-refractivity contribution in [1.29, 1.82) is 0 Å². The lowest BCUT2D eigenvalue weighted by molar-refractivity contribution is 0.564. The van der Waals surface area contributed by atoms with Crippen molar-refractivity contribution < 1.29 is 0 Å². The molecule has 0 saturated heterocycles. The minimum atomic E-state index is 0.540. The van der Waals surface area contributed by atoms with E-state index in [4.69, 9.17) is 11.6 Å². The quantitative estimate of drug-likeness (QED) is 0.758. The van der Waals surface area contributed by atoms with E-state index in [0.29, 0.717) is 5.88 Å². The minimum Gasteiger partial charge on any atom is -0.271 e. The molecule has 0 amide bonds. The van der Waals surface area contributed by atoms with Crippen LogP contribution in [0.15, 0.2) is 23.7 Å². The highest BCUT2D eigenvalue weighted by molar-refractivity contribution is 7.13. The SMILES string of the molecule is ClCc1cn(CC2CC2)nc1-c1cccs1. The fourth-order valence-electron chi connectivity index (χ4n) is 1.84. The van der Waals surface area contributed by atoms with Gasteiger partial charge in [0.25, 0.3) is 0 Å². The number of halogens is 1. The molecule has 0 atom stereocenters. The molecule has 0 N–H and O–H groups in total. The summed E-state index contributed by atoms with van der Waals surface area (Å²) in [6.07, 6.45) is 4.80. The van der Waals surface area contributed by atoms with Crippen molar-refractivity contribution in [3.63, 3.8) is 0 Å². The lowest BCUT2D eigenvalue weighted by Crippen LogP contribution is -1.99. The standard InChI is InChI=1S/C12H13ClN2S/c13-6-10-8-15(7-9-3-4-9)14-12(10)11-2-1-5-16-11/h1-2,5,8-9H,3-4,6-7H2. The van der Waals surface area contributed by atoms with E-state index in [-0.39, 0.29) is 0 Å². The van der Waals surface area contributed by atoms with Crippen LogP contribution in [-0.4, -0.2) is 9.78 Å². The topological polar surface area (TPSA) is 17.8 Å². The Kier molecular flexibility index (Phi) is 2.74. The summed E-state index contributed by atoms with van der Waals surface area (Å²) in [4.78, 5) is 1.21. The number of alkyl halides is 1. The normalized spacial score (nSPS) is 15.6. The Morgan fingerprint density at radius 2 is 2.38 bits per heavy atom. The smallest absolute Gasteiger partial charge is 0.107 e. The molecule has 2 aromatic rings. The van der Waals surface area contributed by atoms with Crippen LogP contribution < -0.4 is 0 Å². The molecule has 2 nitrogen and oxygen atoms in total. The molecule has 1 aliphatic carbocycles. The van der Waals surface area contributed by atoms with Gasteiger partial charge < -0.3 is 0 Å². The first-order valence-corrected chi connectivity index (χ1v) is 6.94. The van der Waals surface area contributed by atoms with E-state index in [1.54, 1.807) is 11.3 Å². The maximum atomic E-state index is 5.97. The number of hydrogen-bond acceptors (Lipinski definition) is 2. The molecular formula is C12H13ClN2S.